The van der Waals surface area contributed by atoms with Crippen LogP contribution in [0.1, 0.15) is 126 Å². The third-order valence-corrected chi connectivity index (χ3v) is 17.0. The highest BCUT2D eigenvalue weighted by molar-refractivity contribution is 5.84. The lowest BCUT2D eigenvalue weighted by Gasteiger charge is -2.64. The second-order valence-corrected chi connectivity index (χ2v) is 20.8. The molecule has 2 unspecified atom stereocenters. The van der Waals surface area contributed by atoms with Gasteiger partial charge in [-0.3, -0.25) is 14.4 Å². The maximum Gasteiger partial charge on any atom is 0.311 e. The van der Waals surface area contributed by atoms with Gasteiger partial charge in [0, 0.05) is 18.6 Å². The number of ether oxygens (including phenoxy) is 3. The van der Waals surface area contributed by atoms with Gasteiger partial charge in [-0.2, -0.15) is 0 Å². The third-order valence-electron chi connectivity index (χ3n) is 17.0. The van der Waals surface area contributed by atoms with Crippen molar-refractivity contribution in [3.63, 3.8) is 0 Å². The van der Waals surface area contributed by atoms with Crippen LogP contribution >= 0.6 is 0 Å². The molecule has 0 bridgehead atoms. The molecule has 9 atom stereocenters. The summed E-state index contributed by atoms with van der Waals surface area (Å²) in [5.41, 5.74) is 3.47. The zero-order valence-corrected chi connectivity index (χ0v) is 36.0. The van der Waals surface area contributed by atoms with Gasteiger partial charge in [-0.1, -0.05) is 72.2 Å². The van der Waals surface area contributed by atoms with E-state index in [4.69, 9.17) is 18.6 Å². The quantitative estimate of drug-likeness (QED) is 0.143. The molecule has 8 nitrogen and oxygen atoms in total. The number of fused-ring (bicyclic) bond motifs is 7. The minimum Gasteiger partial charge on any atom is -0.508 e. The molecule has 1 heterocycles. The van der Waals surface area contributed by atoms with Gasteiger partial charge in [0.15, 0.2) is 5.43 Å². The molecule has 4 saturated carbocycles. The first-order valence-corrected chi connectivity index (χ1v) is 21.9. The summed E-state index contributed by atoms with van der Waals surface area (Å²) in [5.74, 6) is 1.72. The first kappa shape index (κ1) is 40.9. The van der Waals surface area contributed by atoms with Gasteiger partial charge in [0.25, 0.3) is 0 Å². The summed E-state index contributed by atoms with van der Waals surface area (Å²) < 4.78 is 23.6. The predicted molar refractivity (Wildman–Crippen MR) is 225 cm³/mol. The molecule has 8 heteroatoms. The maximum atomic E-state index is 13.3. The van der Waals surface area contributed by atoms with Crippen molar-refractivity contribution in [2.24, 2.45) is 50.7 Å². The Morgan fingerprint density at radius 1 is 0.776 bits per heavy atom. The third kappa shape index (κ3) is 6.73. The molecule has 4 fully saturated rings. The second kappa shape index (κ2) is 14.7. The molecule has 0 spiro atoms. The minimum atomic E-state index is -0.558. The molecule has 1 aromatic heterocycles. The fourth-order valence-corrected chi connectivity index (χ4v) is 14.2. The Bertz CT molecular complexity index is 2160. The Morgan fingerprint density at radius 2 is 1.47 bits per heavy atom. The van der Waals surface area contributed by atoms with E-state index in [0.29, 0.717) is 57.1 Å². The fraction of sp³-hybridized carbons (Fsp3) is 0.620. The number of esters is 2. The molecule has 0 saturated heterocycles. The minimum absolute atomic E-state index is 0.0691. The number of hydrogen-bond donors (Lipinski definition) is 1. The molecule has 1 N–H and O–H groups in total. The first-order valence-electron chi connectivity index (χ1n) is 21.9. The van der Waals surface area contributed by atoms with Crippen LogP contribution in [0, 0.1) is 50.7 Å². The van der Waals surface area contributed by atoms with Crippen molar-refractivity contribution in [1.82, 2.24) is 0 Å². The standard InChI is InChI=1S/C50H64O8/c1-46(2)39-21-24-48(5)28-31-11-17-38-47(3,4)42(23-25-49(38,6)36(31)16-18-40(48)50(39,7)26-22-41(46)55-8)58-44(53)20-19-43(52)57-33-14-15-34-37(27-33)56-29-35(45(34)54)30-9-12-32(51)13-10-30/h9-15,27,29,36,38-42,51H,16-26,28H2,1-8H3/t36-,38-,39?,40?,41+,42+,48-,49+,50-/m0/s1. The topological polar surface area (TPSA) is 112 Å². The molecular weight excluding hydrogens is 729 g/mol. The van der Waals surface area contributed by atoms with Crippen molar-refractivity contribution in [2.45, 2.75) is 138 Å². The Labute approximate surface area is 344 Å². The van der Waals surface area contributed by atoms with Crippen LogP contribution in [0.15, 0.2) is 69.6 Å². The highest BCUT2D eigenvalue weighted by Gasteiger charge is 2.63. The number of phenols is 1. The Balaban J connectivity index is 0.894. The first-order chi connectivity index (χ1) is 27.4. The molecule has 312 valence electrons. The van der Waals surface area contributed by atoms with E-state index in [1.807, 2.05) is 7.11 Å². The van der Waals surface area contributed by atoms with Gasteiger partial charge in [-0.05, 0) is 139 Å². The van der Waals surface area contributed by atoms with Gasteiger partial charge in [0.05, 0.1) is 29.9 Å². The van der Waals surface area contributed by atoms with E-state index in [1.54, 1.807) is 29.8 Å². The summed E-state index contributed by atoms with van der Waals surface area (Å²) in [7, 11) is 1.91. The average molecular weight is 793 g/mol. The zero-order valence-electron chi connectivity index (χ0n) is 36.0. The summed E-state index contributed by atoms with van der Waals surface area (Å²) in [6.07, 6.45) is 15.5. The average Bonchev–Trinajstić information content (AvgIpc) is 3.33. The number of rotatable bonds is 7. The lowest BCUT2D eigenvalue weighted by Crippen LogP contribution is -2.58. The summed E-state index contributed by atoms with van der Waals surface area (Å²) in [5, 5.41) is 9.94. The Morgan fingerprint density at radius 3 is 2.21 bits per heavy atom. The predicted octanol–water partition coefficient (Wildman–Crippen LogP) is 11.2. The number of allylic oxidation sites excluding steroid dienone is 2. The lowest BCUT2D eigenvalue weighted by atomic mass is 9.42. The van der Waals surface area contributed by atoms with E-state index in [-0.39, 0.29) is 63.7 Å². The number of phenolic OH excluding ortho intramolecular Hbond substituents is 1. The van der Waals surface area contributed by atoms with Gasteiger partial charge < -0.3 is 23.7 Å². The van der Waals surface area contributed by atoms with Crippen molar-refractivity contribution in [3.8, 4) is 22.6 Å². The van der Waals surface area contributed by atoms with E-state index in [2.05, 4.69) is 54.5 Å². The van der Waals surface area contributed by atoms with Crippen molar-refractivity contribution in [3.05, 3.63) is 70.6 Å². The molecule has 8 rings (SSSR count). The summed E-state index contributed by atoms with van der Waals surface area (Å²) in [6, 6.07) is 10.9. The van der Waals surface area contributed by atoms with Gasteiger partial charge in [0.1, 0.15) is 29.4 Å². The van der Waals surface area contributed by atoms with Crippen LogP contribution in [-0.2, 0) is 19.1 Å². The molecule has 5 aliphatic rings. The Hall–Kier alpha value is -3.91. The van der Waals surface area contributed by atoms with Crippen LogP contribution in [-0.4, -0.2) is 36.4 Å². The number of benzene rings is 2. The number of methoxy groups -OCH3 is 1. The molecule has 58 heavy (non-hydrogen) atoms. The van der Waals surface area contributed by atoms with E-state index in [9.17, 15) is 19.5 Å². The van der Waals surface area contributed by atoms with Gasteiger partial charge in [0.2, 0.25) is 0 Å². The molecule has 0 radical (unpaired) electrons. The van der Waals surface area contributed by atoms with Crippen molar-refractivity contribution in [2.75, 3.05) is 7.11 Å². The number of carbonyl (C=O) groups is 2. The molecule has 5 aliphatic carbocycles. The van der Waals surface area contributed by atoms with Crippen LogP contribution < -0.4 is 10.2 Å². The molecular formula is C50H64O8. The molecule has 0 amide bonds. The molecule has 2 aromatic carbocycles. The maximum absolute atomic E-state index is 13.3. The zero-order chi connectivity index (χ0) is 41.4. The highest BCUT2D eigenvalue weighted by Crippen LogP contribution is 2.70. The monoisotopic (exact) mass is 792 g/mol. The van der Waals surface area contributed by atoms with Crippen LogP contribution in [0.2, 0.25) is 0 Å². The summed E-state index contributed by atoms with van der Waals surface area (Å²) >= 11 is 0. The fourth-order valence-electron chi connectivity index (χ4n) is 14.2. The molecule has 0 aliphatic heterocycles. The van der Waals surface area contributed by atoms with E-state index >= 15 is 0 Å². The van der Waals surface area contributed by atoms with Crippen molar-refractivity contribution in [1.29, 1.82) is 0 Å². The van der Waals surface area contributed by atoms with Crippen LogP contribution in [0.25, 0.3) is 22.1 Å². The van der Waals surface area contributed by atoms with Crippen LogP contribution in [0.3, 0.4) is 0 Å². The van der Waals surface area contributed by atoms with Crippen molar-refractivity contribution < 1.29 is 33.3 Å². The van der Waals surface area contributed by atoms with Crippen molar-refractivity contribution >= 4 is 22.9 Å². The van der Waals surface area contributed by atoms with E-state index in [1.165, 1.54) is 63.0 Å². The Kier molecular flexibility index (Phi) is 10.3. The van der Waals surface area contributed by atoms with Crippen LogP contribution in [0.5, 0.6) is 11.5 Å². The lowest BCUT2D eigenvalue weighted by molar-refractivity contribution is -0.178. The highest BCUT2D eigenvalue weighted by atomic mass is 16.5. The SMILES string of the molecule is CO[C@@H]1CC[C@@]2(C)C(CC[C@@]3(C)CC4=CC[C@H]5C(C)(C)[C@H](OC(=O)CCC(=O)Oc6ccc7c(=O)c(-c8ccc(O)cc8)coc7c6)CC[C@]5(C)[C@H]4CCC32)C1(C)C. The van der Waals surface area contributed by atoms with E-state index in [0.717, 1.165) is 25.7 Å². The molecule has 3 aromatic rings. The number of hydrogen-bond acceptors (Lipinski definition) is 8. The second-order valence-electron chi connectivity index (χ2n) is 20.8. The number of aromatic hydroxyl groups is 1. The van der Waals surface area contributed by atoms with Gasteiger partial charge in [-0.15, -0.1) is 0 Å². The van der Waals surface area contributed by atoms with E-state index < -0.39 is 5.97 Å². The normalized spacial score (nSPS) is 34.9. The van der Waals surface area contributed by atoms with Crippen LogP contribution in [0.4, 0.5) is 0 Å². The summed E-state index contributed by atoms with van der Waals surface area (Å²) in [4.78, 5) is 39.4. The number of carbonyl (C=O) groups excluding carboxylic acids is 2. The largest absolute Gasteiger partial charge is 0.508 e. The smallest absolute Gasteiger partial charge is 0.311 e. The summed E-state index contributed by atoms with van der Waals surface area (Å²) in [6.45, 7) is 17.4. The van der Waals surface area contributed by atoms with Gasteiger partial charge >= 0.3 is 11.9 Å². The van der Waals surface area contributed by atoms with Gasteiger partial charge in [-0.25, -0.2) is 0 Å².